The Morgan fingerprint density at radius 3 is 2.69 bits per heavy atom. The maximum Gasteiger partial charge on any atom is 0.0593 e. The Kier molecular flexibility index (Phi) is 7.01. The quantitative estimate of drug-likeness (QED) is 0.645. The molecule has 0 radical (unpaired) electrons. The first-order valence-electron chi connectivity index (χ1n) is 6.85. The number of hydrogen-bond acceptors (Lipinski definition) is 3. The van der Waals surface area contributed by atoms with Gasteiger partial charge in [-0.05, 0) is 38.3 Å². The van der Waals surface area contributed by atoms with E-state index < -0.39 is 0 Å². The maximum atomic E-state index is 5.84. The van der Waals surface area contributed by atoms with Gasteiger partial charge in [-0.1, -0.05) is 20.3 Å². The van der Waals surface area contributed by atoms with Crippen LogP contribution in [0.2, 0.25) is 0 Å². The molecule has 2 N–H and O–H groups in total. The topological polar surface area (TPSA) is 38.5 Å². The summed E-state index contributed by atoms with van der Waals surface area (Å²) in [5.74, 6) is 0.714. The minimum Gasteiger partial charge on any atom is -0.380 e. The molecule has 0 amide bonds. The molecule has 1 fully saturated rings. The van der Waals surface area contributed by atoms with Gasteiger partial charge in [0.1, 0.15) is 0 Å². The molecule has 1 saturated carbocycles. The third-order valence-electron chi connectivity index (χ3n) is 3.67. The van der Waals surface area contributed by atoms with E-state index in [9.17, 15) is 0 Å². The van der Waals surface area contributed by atoms with Crippen molar-refractivity contribution >= 4 is 0 Å². The second-order valence-electron chi connectivity index (χ2n) is 4.73. The van der Waals surface area contributed by atoms with Gasteiger partial charge < -0.3 is 10.5 Å². The van der Waals surface area contributed by atoms with E-state index in [0.29, 0.717) is 12.0 Å². The van der Waals surface area contributed by atoms with Gasteiger partial charge >= 0.3 is 0 Å². The molecular formula is C13H28N2O. The van der Waals surface area contributed by atoms with Gasteiger partial charge in [-0.2, -0.15) is 0 Å². The third kappa shape index (κ3) is 4.04. The predicted octanol–water partition coefficient (Wildman–Crippen LogP) is 1.86. The summed E-state index contributed by atoms with van der Waals surface area (Å²) in [5.41, 5.74) is 5.84. The van der Waals surface area contributed by atoms with Gasteiger partial charge in [-0.25, -0.2) is 0 Å². The summed E-state index contributed by atoms with van der Waals surface area (Å²) in [6.45, 7) is 9.19. The summed E-state index contributed by atoms with van der Waals surface area (Å²) in [7, 11) is 0. The number of nitrogens with zero attached hydrogens (tertiary/aromatic N) is 1. The van der Waals surface area contributed by atoms with Gasteiger partial charge in [0.05, 0.1) is 6.61 Å². The molecule has 0 aromatic carbocycles. The molecule has 1 aliphatic carbocycles. The lowest BCUT2D eigenvalue weighted by Gasteiger charge is -2.31. The fourth-order valence-electron chi connectivity index (χ4n) is 2.76. The van der Waals surface area contributed by atoms with Crippen LogP contribution in [0.5, 0.6) is 0 Å². The average Bonchev–Trinajstić information content (AvgIpc) is 2.77. The van der Waals surface area contributed by atoms with Crippen molar-refractivity contribution < 1.29 is 4.74 Å². The van der Waals surface area contributed by atoms with E-state index in [-0.39, 0.29) is 0 Å². The number of hydrogen-bond donors (Lipinski definition) is 1. The average molecular weight is 228 g/mol. The number of ether oxygens (including phenoxy) is 1. The van der Waals surface area contributed by atoms with Crippen molar-refractivity contribution in [1.82, 2.24) is 4.90 Å². The highest BCUT2D eigenvalue weighted by Gasteiger charge is 2.29. The van der Waals surface area contributed by atoms with Crippen LogP contribution in [0.15, 0.2) is 0 Å². The Labute approximate surface area is 100 Å². The lowest BCUT2D eigenvalue weighted by atomic mass is 10.0. The highest BCUT2D eigenvalue weighted by molar-refractivity contribution is 4.85. The zero-order chi connectivity index (χ0) is 11.8. The molecule has 0 aromatic heterocycles. The van der Waals surface area contributed by atoms with Crippen molar-refractivity contribution in [2.45, 2.75) is 45.6 Å². The van der Waals surface area contributed by atoms with Crippen LogP contribution in [0.3, 0.4) is 0 Å². The van der Waals surface area contributed by atoms with Crippen molar-refractivity contribution in [3.63, 3.8) is 0 Å². The normalized spacial score (nSPS) is 25.5. The van der Waals surface area contributed by atoms with Crippen LogP contribution in [0.1, 0.15) is 39.5 Å². The standard InChI is InChI=1S/C13H28N2O/c1-3-9-16-10-8-15(4-2)13-7-5-6-12(13)11-14/h12-13H,3-11,14H2,1-2H3. The molecule has 16 heavy (non-hydrogen) atoms. The monoisotopic (exact) mass is 228 g/mol. The molecule has 3 nitrogen and oxygen atoms in total. The van der Waals surface area contributed by atoms with E-state index >= 15 is 0 Å². The van der Waals surface area contributed by atoms with Crippen LogP contribution in [0.25, 0.3) is 0 Å². The molecule has 2 atom stereocenters. The molecule has 96 valence electrons. The Hall–Kier alpha value is -0.120. The molecule has 0 bridgehead atoms. The highest BCUT2D eigenvalue weighted by Crippen LogP contribution is 2.28. The number of nitrogens with two attached hydrogens (primary N) is 1. The van der Waals surface area contributed by atoms with Crippen molar-refractivity contribution in [2.75, 3.05) is 32.8 Å². The molecule has 1 aliphatic rings. The maximum absolute atomic E-state index is 5.84. The molecule has 0 saturated heterocycles. The van der Waals surface area contributed by atoms with Gasteiger partial charge in [0.15, 0.2) is 0 Å². The molecule has 0 heterocycles. The highest BCUT2D eigenvalue weighted by atomic mass is 16.5. The predicted molar refractivity (Wildman–Crippen MR) is 68.5 cm³/mol. The number of likely N-dealkylation sites (N-methyl/N-ethyl adjacent to an activating group) is 1. The van der Waals surface area contributed by atoms with Crippen LogP contribution < -0.4 is 5.73 Å². The smallest absolute Gasteiger partial charge is 0.0593 e. The lowest BCUT2D eigenvalue weighted by molar-refractivity contribution is 0.0806. The largest absolute Gasteiger partial charge is 0.380 e. The minimum atomic E-state index is 0.709. The van der Waals surface area contributed by atoms with Crippen molar-refractivity contribution in [3.8, 4) is 0 Å². The summed E-state index contributed by atoms with van der Waals surface area (Å²) in [4.78, 5) is 2.56. The summed E-state index contributed by atoms with van der Waals surface area (Å²) >= 11 is 0. The second kappa shape index (κ2) is 8.04. The number of rotatable bonds is 8. The van der Waals surface area contributed by atoms with Gasteiger partial charge in [-0.3, -0.25) is 4.90 Å². The van der Waals surface area contributed by atoms with Gasteiger partial charge in [0.2, 0.25) is 0 Å². The molecular weight excluding hydrogens is 200 g/mol. The summed E-state index contributed by atoms with van der Waals surface area (Å²) in [6, 6.07) is 0.709. The van der Waals surface area contributed by atoms with Gasteiger partial charge in [0, 0.05) is 19.2 Å². The van der Waals surface area contributed by atoms with Crippen LogP contribution in [-0.2, 0) is 4.74 Å². The Morgan fingerprint density at radius 2 is 2.06 bits per heavy atom. The summed E-state index contributed by atoms with van der Waals surface area (Å²) in [6.07, 6.45) is 5.09. The Balaban J connectivity index is 2.29. The molecule has 3 heteroatoms. The lowest BCUT2D eigenvalue weighted by Crippen LogP contribution is -2.42. The summed E-state index contributed by atoms with van der Waals surface area (Å²) < 4.78 is 5.57. The first-order valence-corrected chi connectivity index (χ1v) is 6.85. The molecule has 0 aromatic rings. The van der Waals surface area contributed by atoms with E-state index in [4.69, 9.17) is 10.5 Å². The molecule has 2 unspecified atom stereocenters. The second-order valence-corrected chi connectivity index (χ2v) is 4.73. The Morgan fingerprint density at radius 1 is 1.25 bits per heavy atom. The summed E-state index contributed by atoms with van der Waals surface area (Å²) in [5, 5.41) is 0. The van der Waals surface area contributed by atoms with Crippen LogP contribution >= 0.6 is 0 Å². The SMILES string of the molecule is CCCOCCN(CC)C1CCCC1CN. The van der Waals surface area contributed by atoms with Crippen LogP contribution in [0, 0.1) is 5.92 Å². The fraction of sp³-hybridized carbons (Fsp3) is 1.00. The van der Waals surface area contributed by atoms with Crippen molar-refractivity contribution in [1.29, 1.82) is 0 Å². The fourth-order valence-corrected chi connectivity index (χ4v) is 2.76. The minimum absolute atomic E-state index is 0.709. The molecule has 1 rings (SSSR count). The first kappa shape index (κ1) is 13.9. The van der Waals surface area contributed by atoms with Gasteiger partial charge in [0.25, 0.3) is 0 Å². The van der Waals surface area contributed by atoms with E-state index in [1.807, 2.05) is 0 Å². The van der Waals surface area contributed by atoms with Crippen molar-refractivity contribution in [2.24, 2.45) is 11.7 Å². The van der Waals surface area contributed by atoms with Crippen LogP contribution in [0.4, 0.5) is 0 Å². The van der Waals surface area contributed by atoms with Crippen LogP contribution in [-0.4, -0.2) is 43.8 Å². The molecule has 0 spiro atoms. The Bertz CT molecular complexity index is 175. The van der Waals surface area contributed by atoms with Crippen molar-refractivity contribution in [3.05, 3.63) is 0 Å². The first-order chi connectivity index (χ1) is 7.83. The van der Waals surface area contributed by atoms with E-state index in [0.717, 1.165) is 39.3 Å². The van der Waals surface area contributed by atoms with E-state index in [2.05, 4.69) is 18.7 Å². The van der Waals surface area contributed by atoms with E-state index in [1.54, 1.807) is 0 Å². The zero-order valence-electron chi connectivity index (χ0n) is 11.0. The molecule has 0 aliphatic heterocycles. The third-order valence-corrected chi connectivity index (χ3v) is 3.67. The zero-order valence-corrected chi connectivity index (χ0v) is 11.0. The van der Waals surface area contributed by atoms with Gasteiger partial charge in [-0.15, -0.1) is 0 Å². The van der Waals surface area contributed by atoms with E-state index in [1.165, 1.54) is 19.3 Å².